The molecule has 106 valence electrons. The fraction of sp³-hybridized carbons (Fsp3) is 0.294. The molecule has 0 aliphatic heterocycles. The Hall–Kier alpha value is -1.51. The lowest BCUT2D eigenvalue weighted by molar-refractivity contribution is 0.160. The second-order valence-corrected chi connectivity index (χ2v) is 5.22. The maximum absolute atomic E-state index is 10.3. The standard InChI is InChI=1S/C17H19ClO2/c1-20-17-12-14(18)10-11-15(17)16(19)9-5-8-13-6-3-2-4-7-13/h2-4,6-7,10-12,16,19H,5,8-9H2,1H3. The number of methoxy groups -OCH3 is 1. The van der Waals surface area contributed by atoms with E-state index in [1.54, 1.807) is 19.2 Å². The van der Waals surface area contributed by atoms with E-state index in [0.29, 0.717) is 17.2 Å². The number of halogens is 1. The van der Waals surface area contributed by atoms with E-state index in [2.05, 4.69) is 12.1 Å². The van der Waals surface area contributed by atoms with Crippen LogP contribution in [0.1, 0.15) is 30.1 Å². The quantitative estimate of drug-likeness (QED) is 0.854. The van der Waals surface area contributed by atoms with Crippen LogP contribution in [0.15, 0.2) is 48.5 Å². The highest BCUT2D eigenvalue weighted by Gasteiger charge is 2.13. The Kier molecular flexibility index (Phi) is 5.45. The van der Waals surface area contributed by atoms with Crippen LogP contribution in [-0.2, 0) is 6.42 Å². The zero-order valence-corrected chi connectivity index (χ0v) is 12.3. The number of hydrogen-bond acceptors (Lipinski definition) is 2. The van der Waals surface area contributed by atoms with E-state index >= 15 is 0 Å². The van der Waals surface area contributed by atoms with Crippen molar-refractivity contribution in [3.63, 3.8) is 0 Å². The van der Waals surface area contributed by atoms with Crippen molar-refractivity contribution in [2.45, 2.75) is 25.4 Å². The van der Waals surface area contributed by atoms with Crippen LogP contribution in [0.3, 0.4) is 0 Å². The highest BCUT2D eigenvalue weighted by molar-refractivity contribution is 6.30. The lowest BCUT2D eigenvalue weighted by atomic mass is 10.0. The predicted octanol–water partition coefficient (Wildman–Crippen LogP) is 4.40. The molecule has 1 N–H and O–H groups in total. The zero-order valence-electron chi connectivity index (χ0n) is 11.6. The van der Waals surface area contributed by atoms with Gasteiger partial charge in [0.25, 0.3) is 0 Å². The normalized spacial score (nSPS) is 12.2. The van der Waals surface area contributed by atoms with Crippen LogP contribution in [0.5, 0.6) is 5.75 Å². The van der Waals surface area contributed by atoms with E-state index in [1.807, 2.05) is 24.3 Å². The first-order valence-corrected chi connectivity index (χ1v) is 7.14. The molecule has 0 aliphatic carbocycles. The summed E-state index contributed by atoms with van der Waals surface area (Å²) in [4.78, 5) is 0. The summed E-state index contributed by atoms with van der Waals surface area (Å²) in [5.41, 5.74) is 2.09. The molecule has 1 unspecified atom stereocenters. The van der Waals surface area contributed by atoms with E-state index in [4.69, 9.17) is 16.3 Å². The van der Waals surface area contributed by atoms with Crippen molar-refractivity contribution >= 4 is 11.6 Å². The minimum atomic E-state index is -0.522. The van der Waals surface area contributed by atoms with Crippen LogP contribution >= 0.6 is 11.6 Å². The Labute approximate surface area is 125 Å². The van der Waals surface area contributed by atoms with E-state index in [1.165, 1.54) is 5.56 Å². The summed E-state index contributed by atoms with van der Waals surface area (Å²) in [6.45, 7) is 0. The van der Waals surface area contributed by atoms with Crippen molar-refractivity contribution in [2.24, 2.45) is 0 Å². The van der Waals surface area contributed by atoms with Gasteiger partial charge in [0.1, 0.15) is 5.75 Å². The molecule has 2 rings (SSSR count). The fourth-order valence-corrected chi connectivity index (χ4v) is 2.42. The second-order valence-electron chi connectivity index (χ2n) is 4.78. The van der Waals surface area contributed by atoms with E-state index in [9.17, 15) is 5.11 Å². The first-order valence-electron chi connectivity index (χ1n) is 6.76. The lowest BCUT2D eigenvalue weighted by Gasteiger charge is -2.15. The molecular formula is C17H19ClO2. The van der Waals surface area contributed by atoms with Crippen LogP contribution < -0.4 is 4.74 Å². The predicted molar refractivity (Wildman–Crippen MR) is 82.3 cm³/mol. The molecule has 2 aromatic rings. The number of rotatable bonds is 6. The van der Waals surface area contributed by atoms with Crippen molar-refractivity contribution in [1.82, 2.24) is 0 Å². The molecule has 0 saturated carbocycles. The molecule has 3 heteroatoms. The molecule has 0 radical (unpaired) electrons. The molecule has 20 heavy (non-hydrogen) atoms. The Bertz CT molecular complexity index is 540. The van der Waals surface area contributed by atoms with Gasteiger partial charge in [0.05, 0.1) is 13.2 Å². The zero-order chi connectivity index (χ0) is 14.4. The molecule has 2 nitrogen and oxygen atoms in total. The van der Waals surface area contributed by atoms with Gasteiger partial charge in [-0.15, -0.1) is 0 Å². The summed E-state index contributed by atoms with van der Waals surface area (Å²) in [5.74, 6) is 0.643. The van der Waals surface area contributed by atoms with Gasteiger partial charge in [0, 0.05) is 10.6 Å². The van der Waals surface area contributed by atoms with Crippen LogP contribution in [0.4, 0.5) is 0 Å². The molecule has 0 saturated heterocycles. The lowest BCUT2D eigenvalue weighted by Crippen LogP contribution is -2.01. The summed E-state index contributed by atoms with van der Waals surface area (Å²) in [5, 5.41) is 10.9. The summed E-state index contributed by atoms with van der Waals surface area (Å²) in [6, 6.07) is 15.6. The van der Waals surface area contributed by atoms with Gasteiger partial charge in [-0.3, -0.25) is 0 Å². The summed E-state index contributed by atoms with van der Waals surface area (Å²) >= 11 is 5.92. The monoisotopic (exact) mass is 290 g/mol. The number of aliphatic hydroxyl groups excluding tert-OH is 1. The molecule has 0 spiro atoms. The van der Waals surface area contributed by atoms with Gasteiger partial charge in [-0.1, -0.05) is 48.0 Å². The summed E-state index contributed by atoms with van der Waals surface area (Å²) in [7, 11) is 1.59. The number of hydrogen-bond donors (Lipinski definition) is 1. The average molecular weight is 291 g/mol. The van der Waals surface area contributed by atoms with Crippen LogP contribution in [0, 0.1) is 0 Å². The van der Waals surface area contributed by atoms with Gasteiger partial charge < -0.3 is 9.84 Å². The van der Waals surface area contributed by atoms with Crippen molar-refractivity contribution in [1.29, 1.82) is 0 Å². The van der Waals surface area contributed by atoms with Crippen molar-refractivity contribution in [3.8, 4) is 5.75 Å². The SMILES string of the molecule is COc1cc(Cl)ccc1C(O)CCCc1ccccc1. The van der Waals surface area contributed by atoms with Crippen LogP contribution in [0.2, 0.25) is 5.02 Å². The molecule has 1 atom stereocenters. The van der Waals surface area contributed by atoms with E-state index < -0.39 is 6.10 Å². The molecule has 0 amide bonds. The third-order valence-electron chi connectivity index (χ3n) is 3.34. The molecule has 0 aliphatic rings. The highest BCUT2D eigenvalue weighted by atomic mass is 35.5. The van der Waals surface area contributed by atoms with E-state index in [-0.39, 0.29) is 0 Å². The van der Waals surface area contributed by atoms with Gasteiger partial charge in [0.2, 0.25) is 0 Å². The maximum atomic E-state index is 10.3. The Morgan fingerprint density at radius 1 is 1.15 bits per heavy atom. The number of benzene rings is 2. The van der Waals surface area contributed by atoms with Crippen molar-refractivity contribution < 1.29 is 9.84 Å². The first-order chi connectivity index (χ1) is 9.70. The van der Waals surface area contributed by atoms with Crippen molar-refractivity contribution in [3.05, 3.63) is 64.7 Å². The van der Waals surface area contributed by atoms with E-state index in [0.717, 1.165) is 18.4 Å². The third kappa shape index (κ3) is 3.99. The smallest absolute Gasteiger partial charge is 0.126 e. The molecule has 0 heterocycles. The summed E-state index contributed by atoms with van der Waals surface area (Å²) < 4.78 is 5.27. The molecule has 0 aromatic heterocycles. The fourth-order valence-electron chi connectivity index (χ4n) is 2.26. The molecule has 2 aromatic carbocycles. The van der Waals surface area contributed by atoms with Crippen LogP contribution in [-0.4, -0.2) is 12.2 Å². The Morgan fingerprint density at radius 3 is 2.60 bits per heavy atom. The highest BCUT2D eigenvalue weighted by Crippen LogP contribution is 2.30. The van der Waals surface area contributed by atoms with Crippen LogP contribution in [0.25, 0.3) is 0 Å². The Balaban J connectivity index is 1.93. The van der Waals surface area contributed by atoms with Gasteiger partial charge in [0.15, 0.2) is 0 Å². The Morgan fingerprint density at radius 2 is 1.90 bits per heavy atom. The molecule has 0 bridgehead atoms. The van der Waals surface area contributed by atoms with Gasteiger partial charge >= 0.3 is 0 Å². The van der Waals surface area contributed by atoms with Gasteiger partial charge in [-0.25, -0.2) is 0 Å². The molecule has 0 fully saturated rings. The van der Waals surface area contributed by atoms with Crippen molar-refractivity contribution in [2.75, 3.05) is 7.11 Å². The maximum Gasteiger partial charge on any atom is 0.126 e. The first kappa shape index (κ1) is 14.9. The number of aliphatic hydroxyl groups is 1. The topological polar surface area (TPSA) is 29.5 Å². The number of ether oxygens (including phenoxy) is 1. The largest absolute Gasteiger partial charge is 0.496 e. The molecular weight excluding hydrogens is 272 g/mol. The third-order valence-corrected chi connectivity index (χ3v) is 3.58. The average Bonchev–Trinajstić information content (AvgIpc) is 2.48. The minimum Gasteiger partial charge on any atom is -0.496 e. The second kappa shape index (κ2) is 7.32. The van der Waals surface area contributed by atoms with Gasteiger partial charge in [-0.2, -0.15) is 0 Å². The summed E-state index contributed by atoms with van der Waals surface area (Å²) in [6.07, 6.45) is 2.07. The minimum absolute atomic E-state index is 0.522. The van der Waals surface area contributed by atoms with Gasteiger partial charge in [-0.05, 0) is 37.0 Å². The number of aryl methyl sites for hydroxylation is 1.